The third-order valence-electron chi connectivity index (χ3n) is 5.44. The average molecular weight is 394 g/mol. The molecule has 0 saturated carbocycles. The summed E-state index contributed by atoms with van der Waals surface area (Å²) < 4.78 is 0. The minimum atomic E-state index is 0.109. The molecule has 2 N–H and O–H groups in total. The minimum Gasteiger partial charge on any atom is -0.378 e. The maximum absolute atomic E-state index is 12.7. The number of aromatic amines is 2. The number of hydrogen-bond acceptors (Lipinski definition) is 3. The lowest BCUT2D eigenvalue weighted by atomic mass is 10.0. The monoisotopic (exact) mass is 394 g/mol. The van der Waals surface area contributed by atoms with Crippen LogP contribution in [0.1, 0.15) is 15.9 Å². The average Bonchev–Trinajstić information content (AvgIpc) is 3.39. The van der Waals surface area contributed by atoms with Crippen molar-refractivity contribution in [3.8, 4) is 11.4 Å². The molecule has 0 bridgehead atoms. The zero-order valence-electron chi connectivity index (χ0n) is 16.9. The topological polar surface area (TPSA) is 64.8 Å². The Labute approximate surface area is 174 Å². The molecule has 0 fully saturated rings. The molecule has 5 nitrogen and oxygen atoms in total. The van der Waals surface area contributed by atoms with Crippen LogP contribution in [0.5, 0.6) is 0 Å². The van der Waals surface area contributed by atoms with E-state index in [-0.39, 0.29) is 5.78 Å². The zero-order valence-corrected chi connectivity index (χ0v) is 16.9. The molecule has 3 aromatic carbocycles. The van der Waals surface area contributed by atoms with Gasteiger partial charge in [0.2, 0.25) is 0 Å². The van der Waals surface area contributed by atoms with E-state index in [4.69, 9.17) is 4.98 Å². The summed E-state index contributed by atoms with van der Waals surface area (Å²) in [4.78, 5) is 26.1. The van der Waals surface area contributed by atoms with E-state index in [0.29, 0.717) is 6.42 Å². The van der Waals surface area contributed by atoms with Crippen molar-refractivity contribution in [2.45, 2.75) is 6.42 Å². The Morgan fingerprint density at radius 2 is 1.77 bits per heavy atom. The number of rotatable bonds is 5. The number of aromatic nitrogens is 3. The van der Waals surface area contributed by atoms with Gasteiger partial charge >= 0.3 is 0 Å². The molecular weight excluding hydrogens is 372 g/mol. The van der Waals surface area contributed by atoms with E-state index in [2.05, 4.69) is 34.2 Å². The molecule has 5 aromatic rings. The number of ketones is 1. The van der Waals surface area contributed by atoms with Gasteiger partial charge in [0, 0.05) is 54.4 Å². The van der Waals surface area contributed by atoms with Crippen LogP contribution in [0.2, 0.25) is 0 Å². The molecular formula is C25H22N4O. The first-order valence-corrected chi connectivity index (χ1v) is 9.93. The summed E-state index contributed by atoms with van der Waals surface area (Å²) in [6, 6.07) is 22.0. The molecule has 0 atom stereocenters. The normalized spacial score (nSPS) is 11.3. The third-order valence-corrected chi connectivity index (χ3v) is 5.44. The van der Waals surface area contributed by atoms with E-state index < -0.39 is 0 Å². The Balaban J connectivity index is 1.40. The molecule has 30 heavy (non-hydrogen) atoms. The van der Waals surface area contributed by atoms with Crippen molar-refractivity contribution in [2.24, 2.45) is 0 Å². The number of hydrogen-bond donors (Lipinski definition) is 2. The first-order valence-electron chi connectivity index (χ1n) is 9.93. The second kappa shape index (κ2) is 7.19. The number of carbonyl (C=O) groups is 1. The first kappa shape index (κ1) is 18.2. The van der Waals surface area contributed by atoms with Crippen LogP contribution >= 0.6 is 0 Å². The number of benzene rings is 3. The number of nitrogens with one attached hydrogen (secondary N) is 2. The Morgan fingerprint density at radius 3 is 2.57 bits per heavy atom. The minimum absolute atomic E-state index is 0.109. The SMILES string of the molecule is CN(C)c1ccc(C(=O)Cc2ccc3nc(-c4ccc5[nH]ccc5c4)[nH]c3c2)cc1. The van der Waals surface area contributed by atoms with Gasteiger partial charge in [-0.1, -0.05) is 6.07 Å². The van der Waals surface area contributed by atoms with Crippen LogP contribution in [-0.4, -0.2) is 34.8 Å². The highest BCUT2D eigenvalue weighted by Crippen LogP contribution is 2.25. The molecule has 2 aromatic heterocycles. The summed E-state index contributed by atoms with van der Waals surface area (Å²) >= 11 is 0. The van der Waals surface area contributed by atoms with Crippen LogP contribution in [0.3, 0.4) is 0 Å². The van der Waals surface area contributed by atoms with Gasteiger partial charge in [0.15, 0.2) is 5.78 Å². The number of anilines is 1. The second-order valence-electron chi connectivity index (χ2n) is 7.76. The van der Waals surface area contributed by atoms with Crippen LogP contribution in [0.4, 0.5) is 5.69 Å². The summed E-state index contributed by atoms with van der Waals surface area (Å²) in [5, 5.41) is 1.15. The lowest BCUT2D eigenvalue weighted by molar-refractivity contribution is 0.0993. The van der Waals surface area contributed by atoms with Gasteiger partial charge in [0.25, 0.3) is 0 Å². The lowest BCUT2D eigenvalue weighted by Crippen LogP contribution is -2.09. The van der Waals surface area contributed by atoms with E-state index in [1.54, 1.807) is 0 Å². The predicted molar refractivity (Wildman–Crippen MR) is 122 cm³/mol. The summed E-state index contributed by atoms with van der Waals surface area (Å²) in [5.74, 6) is 0.938. The number of imidazole rings is 1. The fourth-order valence-electron chi connectivity index (χ4n) is 3.74. The number of fused-ring (bicyclic) bond motifs is 2. The van der Waals surface area contributed by atoms with Gasteiger partial charge in [-0.05, 0) is 66.2 Å². The van der Waals surface area contributed by atoms with Crippen LogP contribution in [0, 0.1) is 0 Å². The van der Waals surface area contributed by atoms with Crippen LogP contribution in [0.25, 0.3) is 33.3 Å². The molecule has 2 heterocycles. The van der Waals surface area contributed by atoms with Crippen molar-refractivity contribution < 1.29 is 4.79 Å². The largest absolute Gasteiger partial charge is 0.378 e. The molecule has 148 valence electrons. The zero-order chi connectivity index (χ0) is 20.7. The molecule has 0 aliphatic rings. The van der Waals surface area contributed by atoms with Crippen LogP contribution in [0.15, 0.2) is 72.9 Å². The molecule has 0 aliphatic carbocycles. The summed E-state index contributed by atoms with van der Waals surface area (Å²) in [6.45, 7) is 0. The maximum atomic E-state index is 12.7. The van der Waals surface area contributed by atoms with E-state index in [0.717, 1.165) is 50.1 Å². The van der Waals surface area contributed by atoms with Gasteiger partial charge < -0.3 is 14.9 Å². The number of H-pyrrole nitrogens is 2. The van der Waals surface area contributed by atoms with Crippen molar-refractivity contribution in [2.75, 3.05) is 19.0 Å². The van der Waals surface area contributed by atoms with Crippen molar-refractivity contribution in [3.05, 3.63) is 84.1 Å². The Kier molecular flexibility index (Phi) is 4.36. The molecule has 5 heteroatoms. The van der Waals surface area contributed by atoms with E-state index in [1.165, 1.54) is 0 Å². The standard InChI is InChI=1S/C25H22N4O/c1-29(2)20-7-4-17(5-8-20)24(30)14-16-3-9-22-23(13-16)28-25(27-22)19-6-10-21-18(15-19)11-12-26-21/h3-13,15,26H,14H2,1-2H3,(H,27,28). The smallest absolute Gasteiger partial charge is 0.167 e. The summed E-state index contributed by atoms with van der Waals surface area (Å²) in [5.41, 5.74) is 6.76. The summed E-state index contributed by atoms with van der Waals surface area (Å²) in [7, 11) is 3.97. The maximum Gasteiger partial charge on any atom is 0.167 e. The third kappa shape index (κ3) is 3.35. The molecule has 0 radical (unpaired) electrons. The van der Waals surface area contributed by atoms with Gasteiger partial charge in [-0.2, -0.15) is 0 Å². The van der Waals surface area contributed by atoms with Gasteiger partial charge in [-0.15, -0.1) is 0 Å². The number of nitrogens with zero attached hydrogens (tertiary/aromatic N) is 2. The predicted octanol–water partition coefficient (Wildman–Crippen LogP) is 5.20. The van der Waals surface area contributed by atoms with Gasteiger partial charge in [-0.3, -0.25) is 4.79 Å². The van der Waals surface area contributed by atoms with E-state index in [1.807, 2.05) is 67.7 Å². The summed E-state index contributed by atoms with van der Waals surface area (Å²) in [6.07, 6.45) is 2.30. The van der Waals surface area contributed by atoms with Gasteiger partial charge in [0.1, 0.15) is 5.82 Å². The highest BCUT2D eigenvalue weighted by atomic mass is 16.1. The van der Waals surface area contributed by atoms with Crippen LogP contribution < -0.4 is 4.90 Å². The second-order valence-corrected chi connectivity index (χ2v) is 7.76. The van der Waals surface area contributed by atoms with Crippen LogP contribution in [-0.2, 0) is 6.42 Å². The van der Waals surface area contributed by atoms with Crippen molar-refractivity contribution in [3.63, 3.8) is 0 Å². The lowest BCUT2D eigenvalue weighted by Gasteiger charge is -2.12. The molecule has 0 amide bonds. The quantitative estimate of drug-likeness (QED) is 0.403. The van der Waals surface area contributed by atoms with Crippen molar-refractivity contribution in [1.29, 1.82) is 0 Å². The highest BCUT2D eigenvalue weighted by Gasteiger charge is 2.11. The van der Waals surface area contributed by atoms with Crippen molar-refractivity contribution in [1.82, 2.24) is 15.0 Å². The molecule has 5 rings (SSSR count). The molecule has 0 saturated heterocycles. The fourth-order valence-corrected chi connectivity index (χ4v) is 3.74. The van der Waals surface area contributed by atoms with E-state index >= 15 is 0 Å². The van der Waals surface area contributed by atoms with E-state index in [9.17, 15) is 4.79 Å². The molecule has 0 aliphatic heterocycles. The molecule has 0 spiro atoms. The molecule has 0 unspecified atom stereocenters. The number of Topliss-reactive ketones (excluding diaryl/α,β-unsaturated/α-hetero) is 1. The number of carbonyl (C=O) groups excluding carboxylic acids is 1. The van der Waals surface area contributed by atoms with Gasteiger partial charge in [-0.25, -0.2) is 4.98 Å². The Hall–Kier alpha value is -3.86. The van der Waals surface area contributed by atoms with Gasteiger partial charge in [0.05, 0.1) is 11.0 Å². The highest BCUT2D eigenvalue weighted by molar-refractivity contribution is 5.98. The Bertz CT molecular complexity index is 1360. The Morgan fingerprint density at radius 1 is 0.933 bits per heavy atom. The van der Waals surface area contributed by atoms with Crippen molar-refractivity contribution >= 4 is 33.4 Å². The first-order chi connectivity index (χ1) is 14.6. The fraction of sp³-hybridized carbons (Fsp3) is 0.120.